The van der Waals surface area contributed by atoms with Crippen LogP contribution in [0.3, 0.4) is 0 Å². The first-order chi connectivity index (χ1) is 7.16. The Morgan fingerprint density at radius 2 is 2.53 bits per heavy atom. The third kappa shape index (κ3) is 2.27. The number of nitrogens with zero attached hydrogens (tertiary/aromatic N) is 2. The van der Waals surface area contributed by atoms with Crippen molar-refractivity contribution < 1.29 is 9.90 Å². The molecule has 0 saturated carbocycles. The Balaban J connectivity index is 2.11. The van der Waals surface area contributed by atoms with Gasteiger partial charge in [-0.25, -0.2) is 9.97 Å². The number of rotatable bonds is 2. The molecule has 1 fully saturated rings. The first kappa shape index (κ1) is 10.4. The fraction of sp³-hybridized carbons (Fsp3) is 0.444. The summed E-state index contributed by atoms with van der Waals surface area (Å²) in [5.41, 5.74) is 0.844. The number of aromatic nitrogens is 2. The molecular weight excluding hydrogens is 214 g/mol. The molecule has 1 unspecified atom stereocenters. The Labute approximate surface area is 91.3 Å². The Morgan fingerprint density at radius 3 is 3.13 bits per heavy atom. The second-order valence-corrected chi connectivity index (χ2v) is 4.44. The van der Waals surface area contributed by atoms with Crippen molar-refractivity contribution in [2.24, 2.45) is 0 Å². The van der Waals surface area contributed by atoms with Crippen molar-refractivity contribution in [3.63, 3.8) is 0 Å². The van der Waals surface area contributed by atoms with Gasteiger partial charge in [-0.05, 0) is 13.0 Å². The fourth-order valence-corrected chi connectivity index (χ4v) is 2.59. The van der Waals surface area contributed by atoms with Crippen LogP contribution in [0, 0.1) is 6.92 Å². The number of carbonyl (C=O) groups is 1. The smallest absolute Gasteiger partial charge is 0.321 e. The molecule has 1 aromatic rings. The lowest BCUT2D eigenvalue weighted by molar-refractivity contribution is -0.138. The molecule has 5 nitrogen and oxygen atoms in total. The quantitative estimate of drug-likeness (QED) is 0.766. The summed E-state index contributed by atoms with van der Waals surface area (Å²) in [6.07, 6.45) is 1.69. The Kier molecular flexibility index (Phi) is 2.88. The first-order valence-electron chi connectivity index (χ1n) is 4.57. The average Bonchev–Trinajstić information content (AvgIpc) is 2.66. The van der Waals surface area contributed by atoms with Crippen molar-refractivity contribution in [1.29, 1.82) is 0 Å². The number of carboxylic acid groups (broad SMARTS) is 1. The highest BCUT2D eigenvalue weighted by molar-refractivity contribution is 7.99. The van der Waals surface area contributed by atoms with Crippen LogP contribution in [0.1, 0.15) is 16.9 Å². The molecular formula is C9H11N3O2S. The summed E-state index contributed by atoms with van der Waals surface area (Å²) in [4.78, 5) is 19.0. The van der Waals surface area contributed by atoms with Crippen LogP contribution in [0.4, 0.5) is 0 Å². The van der Waals surface area contributed by atoms with Crippen LogP contribution in [0.25, 0.3) is 0 Å². The monoisotopic (exact) mass is 225 g/mol. The minimum atomic E-state index is -0.809. The largest absolute Gasteiger partial charge is 0.480 e. The van der Waals surface area contributed by atoms with Gasteiger partial charge in [-0.15, -0.1) is 11.8 Å². The Bertz CT molecular complexity index is 385. The van der Waals surface area contributed by atoms with Crippen molar-refractivity contribution in [1.82, 2.24) is 15.3 Å². The molecule has 2 rings (SSSR count). The summed E-state index contributed by atoms with van der Waals surface area (Å²) in [5.74, 6) is 0.465. The number of hydrogen-bond acceptors (Lipinski definition) is 5. The van der Waals surface area contributed by atoms with Gasteiger partial charge in [0.05, 0.1) is 11.1 Å². The van der Waals surface area contributed by atoms with Crippen molar-refractivity contribution in [3.8, 4) is 0 Å². The highest BCUT2D eigenvalue weighted by atomic mass is 32.2. The second kappa shape index (κ2) is 4.16. The van der Waals surface area contributed by atoms with Crippen molar-refractivity contribution in [3.05, 3.63) is 23.8 Å². The first-order valence-corrected chi connectivity index (χ1v) is 5.61. The van der Waals surface area contributed by atoms with E-state index < -0.39 is 12.0 Å². The maximum Gasteiger partial charge on any atom is 0.321 e. The molecule has 15 heavy (non-hydrogen) atoms. The standard InChI is InChI=1S/C9H11N3O2S/c1-5-10-3-2-6(11-5)8-12-7(4-15-8)9(13)14/h2-3,7-8,12H,4H2,1H3,(H,13,14)/t7-,8?/m1/s1. The van der Waals surface area contributed by atoms with Gasteiger partial charge >= 0.3 is 5.97 Å². The summed E-state index contributed by atoms with van der Waals surface area (Å²) in [6, 6.07) is 1.33. The van der Waals surface area contributed by atoms with Crippen molar-refractivity contribution >= 4 is 17.7 Å². The van der Waals surface area contributed by atoms with Gasteiger partial charge in [0.1, 0.15) is 11.9 Å². The maximum atomic E-state index is 10.7. The maximum absolute atomic E-state index is 10.7. The van der Waals surface area contributed by atoms with Gasteiger partial charge in [0.15, 0.2) is 0 Å². The number of thioether (sulfide) groups is 1. The summed E-state index contributed by atoms with van der Waals surface area (Å²) in [5, 5.41) is 11.8. The van der Waals surface area contributed by atoms with E-state index in [1.165, 1.54) is 0 Å². The predicted octanol–water partition coefficient (Wildman–Crippen LogP) is 0.573. The highest BCUT2D eigenvalue weighted by Gasteiger charge is 2.30. The third-order valence-electron chi connectivity index (χ3n) is 2.15. The van der Waals surface area contributed by atoms with Gasteiger partial charge in [-0.2, -0.15) is 0 Å². The van der Waals surface area contributed by atoms with Crippen LogP contribution in [0.5, 0.6) is 0 Å². The van der Waals surface area contributed by atoms with E-state index in [4.69, 9.17) is 5.11 Å². The third-order valence-corrected chi connectivity index (χ3v) is 3.38. The molecule has 80 valence electrons. The number of nitrogens with one attached hydrogen (secondary N) is 1. The summed E-state index contributed by atoms with van der Waals surface area (Å²) >= 11 is 1.56. The van der Waals surface area contributed by atoms with E-state index in [9.17, 15) is 4.79 Å². The molecule has 0 aromatic carbocycles. The van der Waals surface area contributed by atoms with E-state index in [1.54, 1.807) is 18.0 Å². The van der Waals surface area contributed by atoms with Crippen LogP contribution in [-0.4, -0.2) is 32.8 Å². The van der Waals surface area contributed by atoms with Crippen LogP contribution in [-0.2, 0) is 4.79 Å². The number of aryl methyl sites for hydroxylation is 1. The molecule has 0 aliphatic carbocycles. The summed E-state index contributed by atoms with van der Waals surface area (Å²) in [6.45, 7) is 1.82. The van der Waals surface area contributed by atoms with Crippen LogP contribution < -0.4 is 5.32 Å². The fourth-order valence-electron chi connectivity index (χ4n) is 1.41. The molecule has 1 aliphatic heterocycles. The number of carboxylic acids is 1. The molecule has 0 bridgehead atoms. The van der Waals surface area contributed by atoms with E-state index in [1.807, 2.05) is 13.0 Å². The predicted molar refractivity (Wildman–Crippen MR) is 56.5 cm³/mol. The zero-order chi connectivity index (χ0) is 10.8. The number of hydrogen-bond donors (Lipinski definition) is 2. The number of aliphatic carboxylic acids is 1. The topological polar surface area (TPSA) is 75.1 Å². The molecule has 0 spiro atoms. The minimum absolute atomic E-state index is 0.0344. The Morgan fingerprint density at radius 1 is 1.73 bits per heavy atom. The van der Waals surface area contributed by atoms with E-state index in [0.717, 1.165) is 5.69 Å². The molecule has 6 heteroatoms. The van der Waals surface area contributed by atoms with Gasteiger partial charge in [0.2, 0.25) is 0 Å². The van der Waals surface area contributed by atoms with E-state index >= 15 is 0 Å². The van der Waals surface area contributed by atoms with E-state index in [2.05, 4.69) is 15.3 Å². The molecule has 0 amide bonds. The normalized spacial score (nSPS) is 25.4. The minimum Gasteiger partial charge on any atom is -0.480 e. The van der Waals surface area contributed by atoms with Crippen LogP contribution in [0.2, 0.25) is 0 Å². The van der Waals surface area contributed by atoms with Crippen molar-refractivity contribution in [2.75, 3.05) is 5.75 Å². The van der Waals surface area contributed by atoms with Gasteiger partial charge < -0.3 is 5.11 Å². The lowest BCUT2D eigenvalue weighted by atomic mass is 10.3. The second-order valence-electron chi connectivity index (χ2n) is 3.30. The summed E-state index contributed by atoms with van der Waals surface area (Å²) < 4.78 is 0. The zero-order valence-corrected chi connectivity index (χ0v) is 8.99. The zero-order valence-electron chi connectivity index (χ0n) is 8.17. The average molecular weight is 225 g/mol. The SMILES string of the molecule is Cc1nccc(C2N[C@@H](C(=O)O)CS2)n1. The van der Waals surface area contributed by atoms with Gasteiger partial charge in [0, 0.05) is 11.9 Å². The van der Waals surface area contributed by atoms with Gasteiger partial charge in [-0.1, -0.05) is 0 Å². The molecule has 2 N–H and O–H groups in total. The van der Waals surface area contributed by atoms with Gasteiger partial charge in [-0.3, -0.25) is 10.1 Å². The van der Waals surface area contributed by atoms with Gasteiger partial charge in [0.25, 0.3) is 0 Å². The Hall–Kier alpha value is -1.14. The van der Waals surface area contributed by atoms with Crippen LogP contribution >= 0.6 is 11.8 Å². The molecule has 2 heterocycles. The molecule has 2 atom stereocenters. The lowest BCUT2D eigenvalue weighted by Crippen LogP contribution is -2.33. The lowest BCUT2D eigenvalue weighted by Gasteiger charge is -2.10. The summed E-state index contributed by atoms with van der Waals surface area (Å²) in [7, 11) is 0. The van der Waals surface area contributed by atoms with E-state index in [-0.39, 0.29) is 5.37 Å². The highest BCUT2D eigenvalue weighted by Crippen LogP contribution is 2.31. The molecule has 0 radical (unpaired) electrons. The van der Waals surface area contributed by atoms with Crippen LogP contribution in [0.15, 0.2) is 12.3 Å². The molecule has 1 aromatic heterocycles. The van der Waals surface area contributed by atoms with E-state index in [0.29, 0.717) is 11.6 Å². The molecule has 1 aliphatic rings. The molecule has 1 saturated heterocycles. The van der Waals surface area contributed by atoms with Crippen molar-refractivity contribution in [2.45, 2.75) is 18.3 Å².